The Labute approximate surface area is 153 Å². The number of nitrogens with one attached hydrogen (secondary N) is 2. The molecule has 132 valence electrons. The third-order valence-corrected chi connectivity index (χ3v) is 6.83. The molecule has 0 aliphatic carbocycles. The van der Waals surface area contributed by atoms with E-state index in [9.17, 15) is 14.4 Å². The number of rotatable bonds is 3. The van der Waals surface area contributed by atoms with Gasteiger partial charge in [0.15, 0.2) is 5.37 Å². The average Bonchev–Trinajstić information content (AvgIpc) is 3.32. The number of carbonyl (C=O) groups excluding carboxylic acids is 3. The van der Waals surface area contributed by atoms with Gasteiger partial charge in [-0.05, 0) is 24.3 Å². The zero-order valence-corrected chi connectivity index (χ0v) is 14.9. The molecule has 25 heavy (non-hydrogen) atoms. The summed E-state index contributed by atoms with van der Waals surface area (Å²) in [5.74, 6) is -0.0284. The summed E-state index contributed by atoms with van der Waals surface area (Å²) >= 11 is 3.00. The molecule has 3 heterocycles. The van der Waals surface area contributed by atoms with Crippen LogP contribution in [0.2, 0.25) is 0 Å². The first-order chi connectivity index (χ1) is 12.1. The van der Waals surface area contributed by atoms with Crippen molar-refractivity contribution in [2.24, 2.45) is 5.92 Å². The van der Waals surface area contributed by atoms with E-state index >= 15 is 0 Å². The Hall–Kier alpha value is -1.87. The number of cyclic esters (lactones) is 1. The molecule has 0 bridgehead atoms. The summed E-state index contributed by atoms with van der Waals surface area (Å²) in [4.78, 5) is 39.0. The molecular formula is C16H17N3O4S2. The van der Waals surface area contributed by atoms with Gasteiger partial charge in [-0.1, -0.05) is 23.9 Å². The van der Waals surface area contributed by atoms with Gasteiger partial charge in [0.25, 0.3) is 5.91 Å². The molecule has 1 aromatic carbocycles. The van der Waals surface area contributed by atoms with Crippen molar-refractivity contribution in [2.75, 3.05) is 24.2 Å². The molecule has 0 saturated carbocycles. The molecule has 3 unspecified atom stereocenters. The number of benzene rings is 1. The highest BCUT2D eigenvalue weighted by Gasteiger charge is 2.42. The number of thioether (sulfide) groups is 2. The first kappa shape index (κ1) is 16.6. The van der Waals surface area contributed by atoms with Crippen LogP contribution in [0.5, 0.6) is 0 Å². The average molecular weight is 379 g/mol. The SMILES string of the molecule is O=C(NC1SCCC1C(=O)N1CCOC1=O)C1Nc2ccccc2S1. The molecule has 0 radical (unpaired) electrons. The van der Waals surface area contributed by atoms with Gasteiger partial charge in [0.2, 0.25) is 5.91 Å². The van der Waals surface area contributed by atoms with Gasteiger partial charge in [-0.3, -0.25) is 9.59 Å². The number of carbonyl (C=O) groups is 3. The molecular weight excluding hydrogens is 362 g/mol. The van der Waals surface area contributed by atoms with Gasteiger partial charge in [0.1, 0.15) is 6.61 Å². The molecule has 7 nitrogen and oxygen atoms in total. The van der Waals surface area contributed by atoms with E-state index in [4.69, 9.17) is 4.74 Å². The number of nitrogens with zero attached hydrogens (tertiary/aromatic N) is 1. The van der Waals surface area contributed by atoms with Crippen molar-refractivity contribution >= 4 is 47.1 Å². The number of imide groups is 1. The Bertz CT molecular complexity index is 704. The van der Waals surface area contributed by atoms with Crippen molar-refractivity contribution in [1.82, 2.24) is 10.2 Å². The number of ether oxygens (including phenoxy) is 1. The highest BCUT2D eigenvalue weighted by atomic mass is 32.2. The topological polar surface area (TPSA) is 87.7 Å². The van der Waals surface area contributed by atoms with Crippen molar-refractivity contribution in [3.63, 3.8) is 0 Å². The van der Waals surface area contributed by atoms with Crippen molar-refractivity contribution in [1.29, 1.82) is 0 Å². The maximum atomic E-state index is 12.6. The van der Waals surface area contributed by atoms with Crippen LogP contribution in [0.15, 0.2) is 29.2 Å². The Balaban J connectivity index is 1.39. The molecule has 9 heteroatoms. The van der Waals surface area contributed by atoms with Crippen LogP contribution in [0.3, 0.4) is 0 Å². The Kier molecular flexibility index (Phi) is 4.51. The minimum absolute atomic E-state index is 0.151. The van der Waals surface area contributed by atoms with Gasteiger partial charge in [-0.2, -0.15) is 0 Å². The summed E-state index contributed by atoms with van der Waals surface area (Å²) in [6.07, 6.45) is 0.0550. The second-order valence-electron chi connectivity index (χ2n) is 5.94. The summed E-state index contributed by atoms with van der Waals surface area (Å²) in [6.45, 7) is 0.525. The normalized spacial score (nSPS) is 27.6. The van der Waals surface area contributed by atoms with Gasteiger partial charge < -0.3 is 15.4 Å². The standard InChI is InChI=1S/C16H17N3O4S2/c20-12(14-17-10-3-1-2-4-11(10)25-14)18-13-9(5-8-24-13)15(21)19-6-7-23-16(19)22/h1-4,9,13-14,17H,5-8H2,(H,18,20). The third-order valence-electron chi connectivity index (χ3n) is 4.38. The fraction of sp³-hybridized carbons (Fsp3) is 0.438. The van der Waals surface area contributed by atoms with Crippen molar-refractivity contribution < 1.29 is 19.1 Å². The van der Waals surface area contributed by atoms with Crippen LogP contribution < -0.4 is 10.6 Å². The van der Waals surface area contributed by atoms with Gasteiger partial charge in [-0.25, -0.2) is 9.69 Å². The van der Waals surface area contributed by atoms with Gasteiger partial charge in [0.05, 0.1) is 17.8 Å². The predicted octanol–water partition coefficient (Wildman–Crippen LogP) is 1.70. The maximum absolute atomic E-state index is 12.6. The number of amides is 3. The van der Waals surface area contributed by atoms with Crippen molar-refractivity contribution in [3.8, 4) is 0 Å². The zero-order valence-electron chi connectivity index (χ0n) is 13.3. The second-order valence-corrected chi connectivity index (χ2v) is 8.33. The van der Waals surface area contributed by atoms with Crippen LogP contribution in [0.1, 0.15) is 6.42 Å². The monoisotopic (exact) mass is 379 g/mol. The smallest absolute Gasteiger partial charge is 0.416 e. The maximum Gasteiger partial charge on any atom is 0.416 e. The summed E-state index contributed by atoms with van der Waals surface area (Å²) < 4.78 is 4.84. The first-order valence-corrected chi connectivity index (χ1v) is 9.98. The molecule has 3 atom stereocenters. The Morgan fingerprint density at radius 1 is 1.32 bits per heavy atom. The molecule has 2 saturated heterocycles. The van der Waals surface area contributed by atoms with E-state index in [-0.39, 0.29) is 30.3 Å². The number of para-hydroxylation sites is 1. The molecule has 0 aromatic heterocycles. The lowest BCUT2D eigenvalue weighted by Crippen LogP contribution is -2.47. The first-order valence-electron chi connectivity index (χ1n) is 8.06. The highest BCUT2D eigenvalue weighted by Crippen LogP contribution is 2.39. The van der Waals surface area contributed by atoms with Crippen molar-refractivity contribution in [3.05, 3.63) is 24.3 Å². The lowest BCUT2D eigenvalue weighted by atomic mass is 10.1. The molecule has 3 aliphatic rings. The highest BCUT2D eigenvalue weighted by molar-refractivity contribution is 8.01. The van der Waals surface area contributed by atoms with E-state index in [2.05, 4.69) is 10.6 Å². The van der Waals surface area contributed by atoms with Gasteiger partial charge >= 0.3 is 6.09 Å². The summed E-state index contributed by atoms with van der Waals surface area (Å²) in [6, 6.07) is 7.76. The Morgan fingerprint density at radius 2 is 2.16 bits per heavy atom. The molecule has 0 spiro atoms. The van der Waals surface area contributed by atoms with Crippen LogP contribution in [-0.4, -0.2) is 52.5 Å². The lowest BCUT2D eigenvalue weighted by molar-refractivity contribution is -0.132. The van der Waals surface area contributed by atoms with E-state index < -0.39 is 17.4 Å². The summed E-state index contributed by atoms with van der Waals surface area (Å²) in [7, 11) is 0. The van der Waals surface area contributed by atoms with Crippen LogP contribution in [-0.2, 0) is 14.3 Å². The summed E-state index contributed by atoms with van der Waals surface area (Å²) in [5, 5.41) is 5.42. The van der Waals surface area contributed by atoms with E-state index in [1.165, 1.54) is 11.8 Å². The second kappa shape index (κ2) is 6.80. The zero-order chi connectivity index (χ0) is 17.4. The van der Waals surface area contributed by atoms with Crippen LogP contribution in [0.4, 0.5) is 10.5 Å². The lowest BCUT2D eigenvalue weighted by Gasteiger charge is -2.23. The fourth-order valence-corrected chi connectivity index (χ4v) is 5.45. The number of anilines is 1. The molecule has 2 N–H and O–H groups in total. The fourth-order valence-electron chi connectivity index (χ4n) is 3.10. The van der Waals surface area contributed by atoms with E-state index in [0.29, 0.717) is 6.42 Å². The number of fused-ring (bicyclic) bond motifs is 1. The predicted molar refractivity (Wildman–Crippen MR) is 95.3 cm³/mol. The third kappa shape index (κ3) is 3.18. The minimum Gasteiger partial charge on any atom is -0.447 e. The van der Waals surface area contributed by atoms with Crippen LogP contribution >= 0.6 is 23.5 Å². The van der Waals surface area contributed by atoms with Crippen LogP contribution in [0.25, 0.3) is 0 Å². The van der Waals surface area contributed by atoms with Crippen molar-refractivity contribution in [2.45, 2.75) is 22.1 Å². The van der Waals surface area contributed by atoms with E-state index in [1.807, 2.05) is 24.3 Å². The van der Waals surface area contributed by atoms with Gasteiger partial charge in [-0.15, -0.1) is 11.8 Å². The molecule has 2 fully saturated rings. The van der Waals surface area contributed by atoms with E-state index in [1.54, 1.807) is 11.8 Å². The largest absolute Gasteiger partial charge is 0.447 e. The number of hydrogen-bond acceptors (Lipinski definition) is 7. The quantitative estimate of drug-likeness (QED) is 0.826. The van der Waals surface area contributed by atoms with E-state index in [0.717, 1.165) is 21.2 Å². The summed E-state index contributed by atoms with van der Waals surface area (Å²) in [5.41, 5.74) is 0.944. The van der Waals surface area contributed by atoms with Gasteiger partial charge in [0, 0.05) is 10.6 Å². The number of hydrogen-bond donors (Lipinski definition) is 2. The molecule has 3 aliphatic heterocycles. The minimum atomic E-state index is -0.588. The Morgan fingerprint density at radius 3 is 2.92 bits per heavy atom. The molecule has 3 amide bonds. The molecule has 1 aromatic rings. The van der Waals surface area contributed by atoms with Crippen LogP contribution in [0, 0.1) is 5.92 Å². The molecule has 4 rings (SSSR count).